The summed E-state index contributed by atoms with van der Waals surface area (Å²) in [4.78, 5) is 2.32. The maximum absolute atomic E-state index is 13.3. The monoisotopic (exact) mass is 250 g/mol. The smallest absolute Gasteiger partial charge is 0.125 e. The van der Waals surface area contributed by atoms with Crippen LogP contribution in [0.25, 0.3) is 0 Å². The number of unbranched alkanes of at least 4 members (excludes halogenated alkanes) is 1. The molecule has 1 aromatic carbocycles. The van der Waals surface area contributed by atoms with Gasteiger partial charge in [0.25, 0.3) is 0 Å². The van der Waals surface area contributed by atoms with Crippen LogP contribution in [0.15, 0.2) is 18.2 Å². The Balaban J connectivity index is 1.93. The summed E-state index contributed by atoms with van der Waals surface area (Å²) in [7, 11) is 0. The summed E-state index contributed by atoms with van der Waals surface area (Å²) in [5, 5.41) is 3.47. The molecule has 1 aliphatic rings. The van der Waals surface area contributed by atoms with Crippen LogP contribution in [0, 0.1) is 5.82 Å². The number of nitrogens with one attached hydrogen (secondary N) is 1. The van der Waals surface area contributed by atoms with Crippen molar-refractivity contribution in [2.45, 2.75) is 39.2 Å². The molecule has 1 heterocycles. The Kier molecular flexibility index (Phi) is 4.59. The van der Waals surface area contributed by atoms with Gasteiger partial charge < -0.3 is 10.2 Å². The fourth-order valence-corrected chi connectivity index (χ4v) is 2.56. The first-order valence-corrected chi connectivity index (χ1v) is 6.98. The van der Waals surface area contributed by atoms with Crippen molar-refractivity contribution in [2.75, 3.05) is 24.5 Å². The van der Waals surface area contributed by atoms with Gasteiger partial charge in [-0.25, -0.2) is 4.39 Å². The van der Waals surface area contributed by atoms with Gasteiger partial charge in [-0.15, -0.1) is 0 Å². The van der Waals surface area contributed by atoms with E-state index < -0.39 is 0 Å². The highest BCUT2D eigenvalue weighted by Crippen LogP contribution is 2.30. The third kappa shape index (κ3) is 3.02. The maximum atomic E-state index is 13.3. The number of fused-ring (bicyclic) bond motifs is 1. The number of nitrogens with zero attached hydrogens (tertiary/aromatic N) is 1. The second-order valence-electron chi connectivity index (χ2n) is 5.12. The molecular weight excluding hydrogens is 227 g/mol. The van der Waals surface area contributed by atoms with E-state index in [4.69, 9.17) is 0 Å². The molecule has 0 spiro atoms. The van der Waals surface area contributed by atoms with Gasteiger partial charge in [0.15, 0.2) is 0 Å². The second kappa shape index (κ2) is 6.19. The van der Waals surface area contributed by atoms with Gasteiger partial charge in [0.1, 0.15) is 5.82 Å². The fourth-order valence-electron chi connectivity index (χ4n) is 2.56. The van der Waals surface area contributed by atoms with E-state index >= 15 is 0 Å². The topological polar surface area (TPSA) is 15.3 Å². The molecule has 0 radical (unpaired) electrons. The SMILES string of the molecule is CCCCNCC(C)N1CCc2ccc(F)cc21. The predicted molar refractivity (Wildman–Crippen MR) is 74.7 cm³/mol. The molecule has 1 aliphatic heterocycles. The molecule has 2 rings (SSSR count). The van der Waals surface area contributed by atoms with Crippen LogP contribution < -0.4 is 10.2 Å². The maximum Gasteiger partial charge on any atom is 0.125 e. The lowest BCUT2D eigenvalue weighted by atomic mass is 10.1. The number of halogens is 1. The molecule has 18 heavy (non-hydrogen) atoms. The molecule has 0 aliphatic carbocycles. The van der Waals surface area contributed by atoms with Crippen LogP contribution in [0.5, 0.6) is 0 Å². The summed E-state index contributed by atoms with van der Waals surface area (Å²) >= 11 is 0. The highest BCUT2D eigenvalue weighted by Gasteiger charge is 2.23. The molecule has 0 aromatic heterocycles. The zero-order valence-corrected chi connectivity index (χ0v) is 11.4. The van der Waals surface area contributed by atoms with Crippen LogP contribution in [0.2, 0.25) is 0 Å². The van der Waals surface area contributed by atoms with Gasteiger partial charge in [-0.05, 0) is 44.0 Å². The third-order valence-electron chi connectivity index (χ3n) is 3.66. The van der Waals surface area contributed by atoms with Crippen molar-refractivity contribution >= 4 is 5.69 Å². The fraction of sp³-hybridized carbons (Fsp3) is 0.600. The van der Waals surface area contributed by atoms with E-state index in [0.29, 0.717) is 6.04 Å². The number of anilines is 1. The van der Waals surface area contributed by atoms with Crippen molar-refractivity contribution in [1.82, 2.24) is 5.32 Å². The van der Waals surface area contributed by atoms with Crippen molar-refractivity contribution in [3.8, 4) is 0 Å². The zero-order valence-electron chi connectivity index (χ0n) is 11.4. The molecule has 0 fully saturated rings. The molecule has 3 heteroatoms. The molecule has 1 aromatic rings. The Morgan fingerprint density at radius 3 is 3.06 bits per heavy atom. The van der Waals surface area contributed by atoms with Crippen molar-refractivity contribution in [3.05, 3.63) is 29.6 Å². The van der Waals surface area contributed by atoms with Gasteiger partial charge in [0.2, 0.25) is 0 Å². The summed E-state index contributed by atoms with van der Waals surface area (Å²) in [5.41, 5.74) is 2.36. The molecule has 2 nitrogen and oxygen atoms in total. The van der Waals surface area contributed by atoms with E-state index in [2.05, 4.69) is 24.1 Å². The Hall–Kier alpha value is -1.09. The Labute approximate surface area is 109 Å². The third-order valence-corrected chi connectivity index (χ3v) is 3.66. The van der Waals surface area contributed by atoms with Crippen LogP contribution in [-0.2, 0) is 6.42 Å². The van der Waals surface area contributed by atoms with E-state index in [9.17, 15) is 4.39 Å². The van der Waals surface area contributed by atoms with Gasteiger partial charge in [-0.1, -0.05) is 19.4 Å². The van der Waals surface area contributed by atoms with Crippen LogP contribution in [-0.4, -0.2) is 25.7 Å². The molecule has 0 bridgehead atoms. The lowest BCUT2D eigenvalue weighted by Crippen LogP contribution is -2.39. The molecule has 0 saturated heterocycles. The first-order chi connectivity index (χ1) is 8.72. The first-order valence-electron chi connectivity index (χ1n) is 6.98. The quantitative estimate of drug-likeness (QED) is 0.781. The van der Waals surface area contributed by atoms with E-state index in [0.717, 1.165) is 31.7 Å². The number of hydrogen-bond acceptors (Lipinski definition) is 2. The van der Waals surface area contributed by atoms with Crippen LogP contribution in [0.1, 0.15) is 32.3 Å². The molecule has 1 unspecified atom stereocenters. The predicted octanol–water partition coefficient (Wildman–Crippen LogP) is 2.97. The Morgan fingerprint density at radius 1 is 1.44 bits per heavy atom. The first kappa shape index (κ1) is 13.3. The standard InChI is InChI=1S/C15H23FN2/c1-3-4-8-17-11-12(2)18-9-7-13-5-6-14(16)10-15(13)18/h5-6,10,12,17H,3-4,7-9,11H2,1-2H3. The van der Waals surface area contributed by atoms with E-state index in [1.54, 1.807) is 12.1 Å². The van der Waals surface area contributed by atoms with Gasteiger partial charge in [-0.3, -0.25) is 0 Å². The highest BCUT2D eigenvalue weighted by molar-refractivity contribution is 5.58. The van der Waals surface area contributed by atoms with E-state index in [-0.39, 0.29) is 5.82 Å². The van der Waals surface area contributed by atoms with E-state index in [1.165, 1.54) is 18.4 Å². The van der Waals surface area contributed by atoms with Gasteiger partial charge in [-0.2, -0.15) is 0 Å². The molecule has 100 valence electrons. The van der Waals surface area contributed by atoms with Gasteiger partial charge in [0, 0.05) is 24.8 Å². The molecule has 0 saturated carbocycles. The average Bonchev–Trinajstić information content (AvgIpc) is 2.77. The minimum Gasteiger partial charge on any atom is -0.367 e. The van der Waals surface area contributed by atoms with Gasteiger partial charge in [0.05, 0.1) is 0 Å². The zero-order chi connectivity index (χ0) is 13.0. The van der Waals surface area contributed by atoms with Crippen molar-refractivity contribution < 1.29 is 4.39 Å². The lowest BCUT2D eigenvalue weighted by Gasteiger charge is -2.27. The number of hydrogen-bond donors (Lipinski definition) is 1. The minimum atomic E-state index is -0.133. The second-order valence-corrected chi connectivity index (χ2v) is 5.12. The van der Waals surface area contributed by atoms with Crippen molar-refractivity contribution in [3.63, 3.8) is 0 Å². The lowest BCUT2D eigenvalue weighted by molar-refractivity contribution is 0.557. The molecule has 0 amide bonds. The average molecular weight is 250 g/mol. The number of benzene rings is 1. The molecular formula is C15H23FN2. The minimum absolute atomic E-state index is 0.133. The van der Waals surface area contributed by atoms with Crippen LogP contribution >= 0.6 is 0 Å². The van der Waals surface area contributed by atoms with Gasteiger partial charge >= 0.3 is 0 Å². The highest BCUT2D eigenvalue weighted by atomic mass is 19.1. The summed E-state index contributed by atoms with van der Waals surface area (Å²) in [6.45, 7) is 7.46. The van der Waals surface area contributed by atoms with Crippen molar-refractivity contribution in [2.24, 2.45) is 0 Å². The number of rotatable bonds is 6. The summed E-state index contributed by atoms with van der Waals surface area (Å²) in [6, 6.07) is 5.57. The van der Waals surface area contributed by atoms with Crippen LogP contribution in [0.3, 0.4) is 0 Å². The Bertz CT molecular complexity index is 392. The summed E-state index contributed by atoms with van der Waals surface area (Å²) in [6.07, 6.45) is 3.48. The van der Waals surface area contributed by atoms with Crippen LogP contribution in [0.4, 0.5) is 10.1 Å². The Morgan fingerprint density at radius 2 is 2.28 bits per heavy atom. The van der Waals surface area contributed by atoms with E-state index in [1.807, 2.05) is 6.07 Å². The normalized spacial score (nSPS) is 15.8. The summed E-state index contributed by atoms with van der Waals surface area (Å²) < 4.78 is 13.3. The largest absolute Gasteiger partial charge is 0.367 e. The molecule has 1 N–H and O–H groups in total. The summed E-state index contributed by atoms with van der Waals surface area (Å²) in [5.74, 6) is -0.133. The van der Waals surface area contributed by atoms with Crippen molar-refractivity contribution in [1.29, 1.82) is 0 Å². The molecule has 1 atom stereocenters.